The minimum Gasteiger partial charge on any atom is -0.444 e. The lowest BCUT2D eigenvalue weighted by atomic mass is 10.2. The van der Waals surface area contributed by atoms with Crippen LogP contribution in [0.5, 0.6) is 0 Å². The van der Waals surface area contributed by atoms with Gasteiger partial charge in [0.15, 0.2) is 0 Å². The van der Waals surface area contributed by atoms with Crippen LogP contribution in [0.3, 0.4) is 0 Å². The highest BCUT2D eigenvalue weighted by Crippen LogP contribution is 2.20. The standard InChI is InChI=1S/C23H28N6O2/c1-23(2,3)31-22(30)29-12-10-28(11-13-29)21-15-18(6-7-26-21)27-16-17-4-5-19-20(14-17)25-9-8-24-19/h4-9,14-15H,10-13,16H2,1-3H3,(H,26,27). The Kier molecular flexibility index (Phi) is 5.88. The summed E-state index contributed by atoms with van der Waals surface area (Å²) in [6.07, 6.45) is 4.96. The van der Waals surface area contributed by atoms with Crippen LogP contribution in [0.15, 0.2) is 48.9 Å². The van der Waals surface area contributed by atoms with Crippen molar-refractivity contribution >= 4 is 28.6 Å². The second kappa shape index (κ2) is 8.75. The van der Waals surface area contributed by atoms with Crippen LogP contribution >= 0.6 is 0 Å². The minimum atomic E-state index is -0.479. The molecular formula is C23H28N6O2. The maximum atomic E-state index is 12.3. The number of carbonyl (C=O) groups excluding carboxylic acids is 1. The van der Waals surface area contributed by atoms with Gasteiger partial charge < -0.3 is 19.9 Å². The van der Waals surface area contributed by atoms with Gasteiger partial charge in [-0.2, -0.15) is 0 Å². The molecule has 1 aliphatic heterocycles. The van der Waals surface area contributed by atoms with Gasteiger partial charge in [0.2, 0.25) is 0 Å². The molecule has 0 atom stereocenters. The van der Waals surface area contributed by atoms with Crippen LogP contribution in [-0.2, 0) is 11.3 Å². The van der Waals surface area contributed by atoms with Gasteiger partial charge in [-0.15, -0.1) is 0 Å². The number of carbonyl (C=O) groups is 1. The van der Waals surface area contributed by atoms with Gasteiger partial charge in [0.25, 0.3) is 0 Å². The Morgan fingerprint density at radius 2 is 1.71 bits per heavy atom. The Hall–Kier alpha value is -3.42. The fourth-order valence-electron chi connectivity index (χ4n) is 3.47. The molecule has 4 rings (SSSR count). The summed E-state index contributed by atoms with van der Waals surface area (Å²) >= 11 is 0. The molecule has 1 aliphatic rings. The molecule has 3 heterocycles. The van der Waals surface area contributed by atoms with E-state index in [0.29, 0.717) is 19.6 Å². The smallest absolute Gasteiger partial charge is 0.410 e. The first-order valence-electron chi connectivity index (χ1n) is 10.5. The largest absolute Gasteiger partial charge is 0.444 e. The number of anilines is 2. The number of hydrogen-bond acceptors (Lipinski definition) is 7. The lowest BCUT2D eigenvalue weighted by Crippen LogP contribution is -2.50. The predicted molar refractivity (Wildman–Crippen MR) is 121 cm³/mol. The van der Waals surface area contributed by atoms with E-state index < -0.39 is 5.60 Å². The van der Waals surface area contributed by atoms with Gasteiger partial charge in [-0.3, -0.25) is 9.97 Å². The maximum absolute atomic E-state index is 12.3. The van der Waals surface area contributed by atoms with Gasteiger partial charge in [-0.25, -0.2) is 9.78 Å². The summed E-state index contributed by atoms with van der Waals surface area (Å²) < 4.78 is 5.47. The molecule has 3 aromatic rings. The third kappa shape index (κ3) is 5.39. The SMILES string of the molecule is CC(C)(C)OC(=O)N1CCN(c2cc(NCc3ccc4nccnc4c3)ccn2)CC1. The maximum Gasteiger partial charge on any atom is 0.410 e. The van der Waals surface area contributed by atoms with E-state index in [2.05, 4.69) is 31.2 Å². The monoisotopic (exact) mass is 420 g/mol. The third-order valence-electron chi connectivity index (χ3n) is 5.03. The molecule has 1 saturated heterocycles. The van der Waals surface area contributed by atoms with Crippen LogP contribution in [0.2, 0.25) is 0 Å². The summed E-state index contributed by atoms with van der Waals surface area (Å²) in [4.78, 5) is 29.4. The summed E-state index contributed by atoms with van der Waals surface area (Å²) in [5.41, 5.74) is 3.44. The van der Waals surface area contributed by atoms with Gasteiger partial charge in [0, 0.05) is 63.1 Å². The number of ether oxygens (including phenoxy) is 1. The predicted octanol–water partition coefficient (Wildman–Crippen LogP) is 3.69. The summed E-state index contributed by atoms with van der Waals surface area (Å²) in [5, 5.41) is 3.46. The van der Waals surface area contributed by atoms with Crippen LogP contribution in [0.25, 0.3) is 11.0 Å². The van der Waals surface area contributed by atoms with E-state index in [-0.39, 0.29) is 6.09 Å². The molecule has 2 aromatic heterocycles. The van der Waals surface area contributed by atoms with Crippen LogP contribution in [-0.4, -0.2) is 57.7 Å². The van der Waals surface area contributed by atoms with Gasteiger partial charge in [-0.1, -0.05) is 6.07 Å². The summed E-state index contributed by atoms with van der Waals surface area (Å²) in [5.74, 6) is 0.901. The topological polar surface area (TPSA) is 83.5 Å². The van der Waals surface area contributed by atoms with Crippen molar-refractivity contribution in [2.75, 3.05) is 36.4 Å². The average molecular weight is 421 g/mol. The molecule has 0 spiro atoms. The Balaban J connectivity index is 1.34. The molecule has 1 fully saturated rings. The van der Waals surface area contributed by atoms with E-state index in [9.17, 15) is 4.79 Å². The molecule has 1 aromatic carbocycles. The van der Waals surface area contributed by atoms with E-state index in [1.807, 2.05) is 51.2 Å². The average Bonchev–Trinajstić information content (AvgIpc) is 2.77. The molecular weight excluding hydrogens is 392 g/mol. The van der Waals surface area contributed by atoms with Crippen LogP contribution in [0.1, 0.15) is 26.3 Å². The molecule has 1 N–H and O–H groups in total. The fourth-order valence-corrected chi connectivity index (χ4v) is 3.47. The van der Waals surface area contributed by atoms with Crippen molar-refractivity contribution in [1.29, 1.82) is 0 Å². The molecule has 0 unspecified atom stereocenters. The number of hydrogen-bond donors (Lipinski definition) is 1. The van der Waals surface area contributed by atoms with Crippen LogP contribution in [0.4, 0.5) is 16.3 Å². The Morgan fingerprint density at radius 3 is 2.45 bits per heavy atom. The van der Waals surface area contributed by atoms with Gasteiger partial charge >= 0.3 is 6.09 Å². The summed E-state index contributed by atoms with van der Waals surface area (Å²) in [6.45, 7) is 9.01. The van der Waals surface area contributed by atoms with Crippen molar-refractivity contribution < 1.29 is 9.53 Å². The first kappa shape index (κ1) is 20.8. The number of nitrogens with one attached hydrogen (secondary N) is 1. The molecule has 0 saturated carbocycles. The van der Waals surface area contributed by atoms with E-state index in [0.717, 1.165) is 41.2 Å². The second-order valence-electron chi connectivity index (χ2n) is 8.59. The Bertz CT molecular complexity index is 1060. The van der Waals surface area contributed by atoms with Crippen molar-refractivity contribution in [2.45, 2.75) is 32.9 Å². The molecule has 0 aliphatic carbocycles. The lowest BCUT2D eigenvalue weighted by molar-refractivity contribution is 0.0240. The molecule has 8 heteroatoms. The molecule has 0 bridgehead atoms. The summed E-state index contributed by atoms with van der Waals surface area (Å²) in [6, 6.07) is 10.1. The van der Waals surface area contributed by atoms with Crippen molar-refractivity contribution in [3.63, 3.8) is 0 Å². The highest BCUT2D eigenvalue weighted by atomic mass is 16.6. The normalized spacial score (nSPS) is 14.5. The highest BCUT2D eigenvalue weighted by Gasteiger charge is 2.26. The number of benzene rings is 1. The Labute approximate surface area is 182 Å². The van der Waals surface area contributed by atoms with Gasteiger partial charge in [-0.05, 0) is 44.5 Å². The van der Waals surface area contributed by atoms with E-state index >= 15 is 0 Å². The van der Waals surface area contributed by atoms with E-state index in [1.54, 1.807) is 17.3 Å². The molecule has 162 valence electrons. The van der Waals surface area contributed by atoms with Gasteiger partial charge in [0.05, 0.1) is 11.0 Å². The fraction of sp³-hybridized carbons (Fsp3) is 0.391. The molecule has 8 nitrogen and oxygen atoms in total. The number of nitrogens with zero attached hydrogens (tertiary/aromatic N) is 5. The van der Waals surface area contributed by atoms with E-state index in [4.69, 9.17) is 4.74 Å². The molecule has 31 heavy (non-hydrogen) atoms. The lowest BCUT2D eigenvalue weighted by Gasteiger charge is -2.36. The minimum absolute atomic E-state index is 0.254. The third-order valence-corrected chi connectivity index (χ3v) is 5.03. The highest BCUT2D eigenvalue weighted by molar-refractivity contribution is 5.74. The number of pyridine rings is 1. The second-order valence-corrected chi connectivity index (χ2v) is 8.59. The van der Waals surface area contributed by atoms with Crippen molar-refractivity contribution in [1.82, 2.24) is 19.9 Å². The van der Waals surface area contributed by atoms with Gasteiger partial charge in [0.1, 0.15) is 11.4 Å². The quantitative estimate of drug-likeness (QED) is 0.689. The van der Waals surface area contributed by atoms with Crippen LogP contribution < -0.4 is 10.2 Å². The number of amides is 1. The molecule has 1 amide bonds. The van der Waals surface area contributed by atoms with Crippen molar-refractivity contribution in [3.8, 4) is 0 Å². The number of rotatable bonds is 4. The first-order chi connectivity index (χ1) is 14.9. The first-order valence-corrected chi connectivity index (χ1v) is 10.5. The van der Waals surface area contributed by atoms with Crippen molar-refractivity contribution in [2.24, 2.45) is 0 Å². The molecule has 0 radical (unpaired) electrons. The Morgan fingerprint density at radius 1 is 0.968 bits per heavy atom. The summed E-state index contributed by atoms with van der Waals surface area (Å²) in [7, 11) is 0. The number of fused-ring (bicyclic) bond motifs is 1. The number of aromatic nitrogens is 3. The zero-order valence-electron chi connectivity index (χ0n) is 18.2. The van der Waals surface area contributed by atoms with Crippen LogP contribution in [0, 0.1) is 0 Å². The zero-order valence-corrected chi connectivity index (χ0v) is 18.2. The zero-order chi connectivity index (χ0) is 21.8. The van der Waals surface area contributed by atoms with Crippen molar-refractivity contribution in [3.05, 3.63) is 54.5 Å². The number of piperazine rings is 1. The van der Waals surface area contributed by atoms with E-state index in [1.165, 1.54) is 0 Å².